The summed E-state index contributed by atoms with van der Waals surface area (Å²) in [5.41, 5.74) is 0. The Labute approximate surface area is 71.7 Å². The molecule has 5 heteroatoms. The molecule has 0 aliphatic rings. The van der Waals surface area contributed by atoms with Crippen LogP contribution < -0.4 is 5.32 Å². The van der Waals surface area contributed by atoms with Crippen LogP contribution in [0.5, 0.6) is 0 Å². The van der Waals surface area contributed by atoms with E-state index in [1.165, 1.54) is 19.1 Å². The van der Waals surface area contributed by atoms with Gasteiger partial charge in [0, 0.05) is 14.1 Å². The molecule has 1 N–H and O–H groups in total. The molecule has 0 saturated heterocycles. The van der Waals surface area contributed by atoms with Gasteiger partial charge in [0.25, 0.3) is 6.09 Å². The summed E-state index contributed by atoms with van der Waals surface area (Å²) in [6.45, 7) is 3.78. The molecular weight excluding hydrogens is 161 g/mol. The SMILES string of the molecule is C=C(NCN(C)/C(F)=N\C)OC. The molecule has 0 spiro atoms. The van der Waals surface area contributed by atoms with Crippen LogP contribution in [0.2, 0.25) is 0 Å². The Hall–Kier alpha value is -1.26. The monoisotopic (exact) mass is 175 g/mol. The Morgan fingerprint density at radius 1 is 1.75 bits per heavy atom. The number of rotatable bonds is 4. The molecule has 0 aromatic heterocycles. The van der Waals surface area contributed by atoms with Gasteiger partial charge in [-0.3, -0.25) is 0 Å². The molecule has 12 heavy (non-hydrogen) atoms. The maximum absolute atomic E-state index is 12.6. The van der Waals surface area contributed by atoms with Gasteiger partial charge < -0.3 is 15.0 Å². The van der Waals surface area contributed by atoms with Crippen LogP contribution in [0.15, 0.2) is 17.5 Å². The topological polar surface area (TPSA) is 36.9 Å². The highest BCUT2D eigenvalue weighted by molar-refractivity contribution is 5.71. The van der Waals surface area contributed by atoms with Gasteiger partial charge in [-0.2, -0.15) is 4.39 Å². The lowest BCUT2D eigenvalue weighted by Crippen LogP contribution is -2.33. The van der Waals surface area contributed by atoms with Crippen LogP contribution in [-0.2, 0) is 4.74 Å². The van der Waals surface area contributed by atoms with Crippen molar-refractivity contribution in [2.75, 3.05) is 27.9 Å². The molecule has 0 fully saturated rings. The average Bonchev–Trinajstić information content (AvgIpc) is 2.11. The minimum atomic E-state index is -0.536. The molecule has 0 rings (SSSR count). The van der Waals surface area contributed by atoms with Crippen molar-refractivity contribution in [2.45, 2.75) is 0 Å². The van der Waals surface area contributed by atoms with E-state index in [0.717, 1.165) is 0 Å². The Balaban J connectivity index is 3.71. The third-order valence-electron chi connectivity index (χ3n) is 1.26. The molecule has 0 atom stereocenters. The molecule has 70 valence electrons. The number of aliphatic imine (C=N–C) groups is 1. The lowest BCUT2D eigenvalue weighted by atomic mass is 10.7. The van der Waals surface area contributed by atoms with Gasteiger partial charge in [0.15, 0.2) is 5.88 Å². The van der Waals surface area contributed by atoms with Gasteiger partial charge in [-0.15, -0.1) is 0 Å². The predicted molar refractivity (Wildman–Crippen MR) is 46.4 cm³/mol. The molecule has 0 aliphatic carbocycles. The van der Waals surface area contributed by atoms with E-state index in [1.807, 2.05) is 0 Å². The number of amidine groups is 1. The summed E-state index contributed by atoms with van der Waals surface area (Å²) in [6.07, 6.45) is -0.536. The van der Waals surface area contributed by atoms with Gasteiger partial charge in [-0.1, -0.05) is 0 Å². The smallest absolute Gasteiger partial charge is 0.281 e. The van der Waals surface area contributed by atoms with Crippen LogP contribution >= 0.6 is 0 Å². The lowest BCUT2D eigenvalue weighted by Gasteiger charge is -2.16. The third kappa shape index (κ3) is 3.80. The summed E-state index contributed by atoms with van der Waals surface area (Å²) in [4.78, 5) is 4.65. The van der Waals surface area contributed by atoms with E-state index in [0.29, 0.717) is 5.88 Å². The summed E-state index contributed by atoms with van der Waals surface area (Å²) in [5, 5.41) is 2.74. The fraction of sp³-hybridized carbons (Fsp3) is 0.571. The average molecular weight is 175 g/mol. The molecule has 0 amide bonds. The summed E-state index contributed by atoms with van der Waals surface area (Å²) >= 11 is 0. The predicted octanol–water partition coefficient (Wildman–Crippen LogP) is 0.538. The van der Waals surface area contributed by atoms with Crippen molar-refractivity contribution in [1.82, 2.24) is 10.2 Å². The number of hydrogen-bond donors (Lipinski definition) is 1. The second kappa shape index (κ2) is 5.40. The maximum atomic E-state index is 12.6. The van der Waals surface area contributed by atoms with E-state index < -0.39 is 6.09 Å². The van der Waals surface area contributed by atoms with E-state index >= 15 is 0 Å². The molecule has 0 aromatic carbocycles. The van der Waals surface area contributed by atoms with Crippen molar-refractivity contribution in [3.8, 4) is 0 Å². The largest absolute Gasteiger partial charge is 0.483 e. The van der Waals surface area contributed by atoms with Crippen molar-refractivity contribution >= 4 is 6.09 Å². The van der Waals surface area contributed by atoms with Crippen molar-refractivity contribution in [2.24, 2.45) is 4.99 Å². The number of nitrogens with zero attached hydrogens (tertiary/aromatic N) is 2. The van der Waals surface area contributed by atoms with E-state index in [-0.39, 0.29) is 6.67 Å². The minimum absolute atomic E-state index is 0.274. The first-order valence-electron chi connectivity index (χ1n) is 3.42. The van der Waals surface area contributed by atoms with E-state index in [2.05, 4.69) is 16.9 Å². The first-order valence-corrected chi connectivity index (χ1v) is 3.42. The molecule has 0 saturated carbocycles. The quantitative estimate of drug-likeness (QED) is 0.223. The zero-order valence-electron chi connectivity index (χ0n) is 7.59. The highest BCUT2D eigenvalue weighted by Crippen LogP contribution is 1.89. The Morgan fingerprint density at radius 3 is 2.75 bits per heavy atom. The zero-order chi connectivity index (χ0) is 9.56. The van der Waals surface area contributed by atoms with Crippen LogP contribution in [0, 0.1) is 0 Å². The fourth-order valence-electron chi connectivity index (χ4n) is 0.515. The summed E-state index contributed by atoms with van der Waals surface area (Å²) < 4.78 is 17.4. The van der Waals surface area contributed by atoms with Crippen molar-refractivity contribution in [1.29, 1.82) is 0 Å². The molecule has 0 bridgehead atoms. The van der Waals surface area contributed by atoms with Gasteiger partial charge in [0.1, 0.15) is 0 Å². The van der Waals surface area contributed by atoms with Crippen LogP contribution in [0.1, 0.15) is 0 Å². The lowest BCUT2D eigenvalue weighted by molar-refractivity contribution is 0.248. The number of hydrogen-bond acceptors (Lipinski definition) is 3. The van der Waals surface area contributed by atoms with Gasteiger partial charge >= 0.3 is 0 Å². The maximum Gasteiger partial charge on any atom is 0.281 e. The normalized spacial score (nSPS) is 10.8. The summed E-state index contributed by atoms with van der Waals surface area (Å²) in [6, 6.07) is 0. The van der Waals surface area contributed by atoms with Gasteiger partial charge in [-0.05, 0) is 6.58 Å². The van der Waals surface area contributed by atoms with Crippen molar-refractivity contribution < 1.29 is 9.13 Å². The molecule has 0 heterocycles. The zero-order valence-corrected chi connectivity index (χ0v) is 7.59. The first kappa shape index (κ1) is 10.7. The highest BCUT2D eigenvalue weighted by Gasteiger charge is 2.02. The van der Waals surface area contributed by atoms with Crippen LogP contribution in [0.4, 0.5) is 4.39 Å². The second-order valence-electron chi connectivity index (χ2n) is 2.15. The van der Waals surface area contributed by atoms with Gasteiger partial charge in [0.05, 0.1) is 13.8 Å². The minimum Gasteiger partial charge on any atom is -0.483 e. The molecule has 0 aromatic rings. The first-order chi connectivity index (χ1) is 5.61. The Bertz CT molecular complexity index is 181. The number of nitrogens with one attached hydrogen (secondary N) is 1. The molecule has 0 aliphatic heterocycles. The molecular formula is C7H14FN3O. The fourth-order valence-corrected chi connectivity index (χ4v) is 0.515. The van der Waals surface area contributed by atoms with Crippen molar-refractivity contribution in [3.63, 3.8) is 0 Å². The molecule has 0 radical (unpaired) electrons. The molecule has 0 unspecified atom stereocenters. The van der Waals surface area contributed by atoms with E-state index in [4.69, 9.17) is 4.74 Å². The Morgan fingerprint density at radius 2 is 2.33 bits per heavy atom. The third-order valence-corrected chi connectivity index (χ3v) is 1.26. The van der Waals surface area contributed by atoms with Gasteiger partial charge in [-0.25, -0.2) is 4.99 Å². The van der Waals surface area contributed by atoms with Crippen LogP contribution in [0.25, 0.3) is 0 Å². The van der Waals surface area contributed by atoms with Crippen molar-refractivity contribution in [3.05, 3.63) is 12.5 Å². The number of halogens is 1. The van der Waals surface area contributed by atoms with Crippen LogP contribution in [0.3, 0.4) is 0 Å². The van der Waals surface area contributed by atoms with Crippen LogP contribution in [-0.4, -0.2) is 38.9 Å². The van der Waals surface area contributed by atoms with E-state index in [1.54, 1.807) is 7.05 Å². The van der Waals surface area contributed by atoms with Gasteiger partial charge in [0.2, 0.25) is 0 Å². The summed E-state index contributed by atoms with van der Waals surface area (Å²) in [5.74, 6) is 0.394. The van der Waals surface area contributed by atoms with E-state index in [9.17, 15) is 4.39 Å². The number of methoxy groups -OCH3 is 1. The Kier molecular flexibility index (Phi) is 4.83. The summed E-state index contributed by atoms with van der Waals surface area (Å²) in [7, 11) is 4.44. The molecule has 4 nitrogen and oxygen atoms in total. The standard InChI is InChI=1S/C7H14FN3O/c1-6(12-4)10-5-11(3)7(8)9-2/h10H,1,5H2,2-4H3/b9-7-. The number of ether oxygens (including phenoxy) is 1. The second-order valence-corrected chi connectivity index (χ2v) is 2.15. The highest BCUT2D eigenvalue weighted by atomic mass is 19.1.